The Morgan fingerprint density at radius 3 is 2.57 bits per heavy atom. The zero-order valence-corrected chi connectivity index (χ0v) is 8.25. The zero-order valence-electron chi connectivity index (χ0n) is 6.68. The molecule has 0 aliphatic carbocycles. The van der Waals surface area contributed by atoms with E-state index in [0.717, 1.165) is 0 Å². The van der Waals surface area contributed by atoms with E-state index in [9.17, 15) is 13.2 Å². The highest BCUT2D eigenvalue weighted by Crippen LogP contribution is 2.22. The Labute approximate surface area is 85.2 Å². The Balaban J connectivity index is 3.15. The van der Waals surface area contributed by atoms with Crippen molar-refractivity contribution in [1.82, 2.24) is 0 Å². The minimum absolute atomic E-state index is 0.0601. The Bertz CT molecular complexity index is 453. The Hall–Kier alpha value is -1.11. The molecule has 1 aromatic rings. The van der Waals surface area contributed by atoms with Crippen molar-refractivity contribution >= 4 is 28.3 Å². The van der Waals surface area contributed by atoms with Crippen molar-refractivity contribution in [2.45, 2.75) is 0 Å². The van der Waals surface area contributed by atoms with Crippen LogP contribution in [0.3, 0.4) is 0 Å². The first-order valence-electron chi connectivity index (χ1n) is 3.34. The van der Waals surface area contributed by atoms with Gasteiger partial charge < -0.3 is 4.18 Å². The molecule has 7 heteroatoms. The summed E-state index contributed by atoms with van der Waals surface area (Å²) in [7, 11) is -4.62. The molecule has 0 unspecified atom stereocenters. The molecule has 0 bridgehead atoms. The standard InChI is InChI=1S/C7H5ClO5S/c8-6-1-2-7(5(3-6)4-9)13-14(10,11)12/h1-4H,(H,10,11,12). The van der Waals surface area contributed by atoms with Crippen molar-refractivity contribution in [1.29, 1.82) is 0 Å². The van der Waals surface area contributed by atoms with Crippen molar-refractivity contribution in [2.24, 2.45) is 0 Å². The van der Waals surface area contributed by atoms with Gasteiger partial charge in [0.05, 0.1) is 5.56 Å². The van der Waals surface area contributed by atoms with Gasteiger partial charge in [0, 0.05) is 5.02 Å². The minimum atomic E-state index is -4.62. The smallest absolute Gasteiger partial charge is 0.361 e. The van der Waals surface area contributed by atoms with Gasteiger partial charge in [0.1, 0.15) is 0 Å². The normalized spacial score (nSPS) is 11.0. The van der Waals surface area contributed by atoms with Crippen molar-refractivity contribution in [3.05, 3.63) is 28.8 Å². The first-order chi connectivity index (χ1) is 6.42. The highest BCUT2D eigenvalue weighted by Gasteiger charge is 2.11. The van der Waals surface area contributed by atoms with Gasteiger partial charge in [0.2, 0.25) is 0 Å². The molecular weight excluding hydrogens is 232 g/mol. The lowest BCUT2D eigenvalue weighted by atomic mass is 10.2. The SMILES string of the molecule is O=Cc1cc(Cl)ccc1OS(=O)(=O)O. The number of carbonyl (C=O) groups is 1. The summed E-state index contributed by atoms with van der Waals surface area (Å²) in [5.41, 5.74) is -0.0601. The van der Waals surface area contributed by atoms with Gasteiger partial charge in [0.25, 0.3) is 0 Å². The van der Waals surface area contributed by atoms with Gasteiger partial charge in [-0.2, -0.15) is 8.42 Å². The molecule has 1 aromatic carbocycles. The van der Waals surface area contributed by atoms with Crippen LogP contribution in [0, 0.1) is 0 Å². The molecule has 0 heterocycles. The summed E-state index contributed by atoms with van der Waals surface area (Å²) in [5.74, 6) is -0.271. The van der Waals surface area contributed by atoms with Crippen molar-refractivity contribution < 1.29 is 21.9 Å². The number of hydrogen-bond donors (Lipinski definition) is 1. The number of benzene rings is 1. The van der Waals surface area contributed by atoms with E-state index >= 15 is 0 Å². The number of aldehydes is 1. The Morgan fingerprint density at radius 1 is 1.43 bits per heavy atom. The zero-order chi connectivity index (χ0) is 10.8. The number of halogens is 1. The van der Waals surface area contributed by atoms with E-state index in [-0.39, 0.29) is 16.3 Å². The quantitative estimate of drug-likeness (QED) is 0.633. The molecule has 0 radical (unpaired) electrons. The van der Waals surface area contributed by atoms with Crippen LogP contribution in [-0.2, 0) is 10.4 Å². The van der Waals surface area contributed by atoms with E-state index < -0.39 is 10.4 Å². The lowest BCUT2D eigenvalue weighted by Gasteiger charge is -2.03. The molecule has 0 saturated heterocycles. The molecule has 0 aliphatic heterocycles. The van der Waals surface area contributed by atoms with Crippen molar-refractivity contribution in [3.8, 4) is 5.75 Å². The third kappa shape index (κ3) is 2.99. The summed E-state index contributed by atoms with van der Waals surface area (Å²) in [6, 6.07) is 3.71. The van der Waals surface area contributed by atoms with Gasteiger partial charge in [-0.05, 0) is 18.2 Å². The molecule has 76 valence electrons. The molecule has 0 saturated carbocycles. The van der Waals surface area contributed by atoms with Crippen molar-refractivity contribution in [2.75, 3.05) is 0 Å². The average molecular weight is 237 g/mol. The summed E-state index contributed by atoms with van der Waals surface area (Å²) in [6.07, 6.45) is 0.367. The van der Waals surface area contributed by atoms with E-state index in [0.29, 0.717) is 6.29 Å². The summed E-state index contributed by atoms with van der Waals surface area (Å²) >= 11 is 5.54. The fraction of sp³-hybridized carbons (Fsp3) is 0. The van der Waals surface area contributed by atoms with Crippen LogP contribution in [0.25, 0.3) is 0 Å². The van der Waals surface area contributed by atoms with Crippen LogP contribution in [0.4, 0.5) is 0 Å². The van der Waals surface area contributed by atoms with Crippen LogP contribution in [0.15, 0.2) is 18.2 Å². The van der Waals surface area contributed by atoms with Crippen LogP contribution in [0.5, 0.6) is 5.75 Å². The van der Waals surface area contributed by atoms with Gasteiger partial charge in [-0.3, -0.25) is 9.35 Å². The maximum atomic E-state index is 10.5. The van der Waals surface area contributed by atoms with Gasteiger partial charge >= 0.3 is 10.4 Å². The van der Waals surface area contributed by atoms with Gasteiger partial charge in [-0.25, -0.2) is 0 Å². The average Bonchev–Trinajstić information content (AvgIpc) is 2.06. The first-order valence-corrected chi connectivity index (χ1v) is 5.08. The lowest BCUT2D eigenvalue weighted by molar-refractivity contribution is 0.112. The number of carbonyl (C=O) groups excluding carboxylic acids is 1. The number of rotatable bonds is 3. The summed E-state index contributed by atoms with van der Waals surface area (Å²) < 4.78 is 33.2. The Kier molecular flexibility index (Phi) is 3.10. The molecular formula is C7H5ClO5S. The fourth-order valence-corrected chi connectivity index (χ4v) is 1.36. The second kappa shape index (κ2) is 3.95. The molecule has 1 N–H and O–H groups in total. The van der Waals surface area contributed by atoms with E-state index in [1.54, 1.807) is 0 Å². The maximum absolute atomic E-state index is 10.5. The van der Waals surface area contributed by atoms with Gasteiger partial charge in [-0.1, -0.05) is 11.6 Å². The van der Waals surface area contributed by atoms with Crippen molar-refractivity contribution in [3.63, 3.8) is 0 Å². The van der Waals surface area contributed by atoms with Crippen LogP contribution in [-0.4, -0.2) is 19.3 Å². The number of hydrogen-bond acceptors (Lipinski definition) is 4. The van der Waals surface area contributed by atoms with E-state index in [1.807, 2.05) is 0 Å². The maximum Gasteiger partial charge on any atom is 0.446 e. The van der Waals surface area contributed by atoms with E-state index in [4.69, 9.17) is 16.2 Å². The summed E-state index contributed by atoms with van der Waals surface area (Å²) in [6.45, 7) is 0. The monoisotopic (exact) mass is 236 g/mol. The molecule has 14 heavy (non-hydrogen) atoms. The van der Waals surface area contributed by atoms with E-state index in [1.165, 1.54) is 18.2 Å². The van der Waals surface area contributed by atoms with Crippen LogP contribution in [0.2, 0.25) is 5.02 Å². The molecule has 0 atom stereocenters. The predicted molar refractivity (Wildman–Crippen MR) is 49.0 cm³/mol. The summed E-state index contributed by atoms with van der Waals surface area (Å²) in [4.78, 5) is 10.5. The summed E-state index contributed by atoms with van der Waals surface area (Å²) in [5, 5.41) is 0.259. The minimum Gasteiger partial charge on any atom is -0.361 e. The molecule has 0 aliphatic rings. The van der Waals surface area contributed by atoms with Crippen LogP contribution >= 0.6 is 11.6 Å². The molecule has 0 amide bonds. The predicted octanol–water partition coefficient (Wildman–Crippen LogP) is 1.33. The van der Waals surface area contributed by atoms with Gasteiger partial charge in [-0.15, -0.1) is 0 Å². The second-order valence-electron chi connectivity index (χ2n) is 2.31. The topological polar surface area (TPSA) is 80.7 Å². The largest absolute Gasteiger partial charge is 0.446 e. The first kappa shape index (κ1) is 11.0. The lowest BCUT2D eigenvalue weighted by Crippen LogP contribution is -2.08. The Morgan fingerprint density at radius 2 is 2.07 bits per heavy atom. The highest BCUT2D eigenvalue weighted by atomic mass is 35.5. The molecule has 0 aromatic heterocycles. The van der Waals surface area contributed by atoms with E-state index in [2.05, 4.69) is 4.18 Å². The second-order valence-corrected chi connectivity index (χ2v) is 3.77. The molecule has 0 spiro atoms. The molecule has 0 fully saturated rings. The van der Waals surface area contributed by atoms with Gasteiger partial charge in [0.15, 0.2) is 12.0 Å². The fourth-order valence-electron chi connectivity index (χ4n) is 0.801. The third-order valence-electron chi connectivity index (χ3n) is 1.29. The third-order valence-corrected chi connectivity index (χ3v) is 1.92. The molecule has 5 nitrogen and oxygen atoms in total. The molecule has 1 rings (SSSR count). The van der Waals surface area contributed by atoms with Crippen LogP contribution in [0.1, 0.15) is 10.4 Å². The highest BCUT2D eigenvalue weighted by molar-refractivity contribution is 7.81. The van der Waals surface area contributed by atoms with Crippen LogP contribution < -0.4 is 4.18 Å².